The topological polar surface area (TPSA) is 30.7 Å². The van der Waals surface area contributed by atoms with Gasteiger partial charge in [-0.05, 0) is 38.1 Å². The second-order valence-corrected chi connectivity index (χ2v) is 3.91. The third kappa shape index (κ3) is 1.14. The van der Waals surface area contributed by atoms with Gasteiger partial charge in [-0.2, -0.15) is 0 Å². The Kier molecular flexibility index (Phi) is 1.93. The molecular formula is C13H13N3. The van der Waals surface area contributed by atoms with Gasteiger partial charge in [-0.3, -0.25) is 4.98 Å². The van der Waals surface area contributed by atoms with Crippen molar-refractivity contribution in [3.05, 3.63) is 36.3 Å². The smallest absolute Gasteiger partial charge is 0.106 e. The zero-order valence-corrected chi connectivity index (χ0v) is 9.44. The van der Waals surface area contributed by atoms with E-state index in [1.165, 1.54) is 5.52 Å². The number of benzene rings is 1. The number of hydrogen-bond acceptors (Lipinski definition) is 2. The fourth-order valence-corrected chi connectivity index (χ4v) is 2.26. The Bertz CT molecular complexity index is 667. The lowest BCUT2D eigenvalue weighted by Crippen LogP contribution is -1.95. The van der Waals surface area contributed by atoms with Gasteiger partial charge in [0.05, 0.1) is 16.6 Å². The first-order valence-electron chi connectivity index (χ1n) is 5.52. The standard InChI is InChI=1S/C13H13N3/c1-3-16-9(2)15-13-10-5-4-8-14-11(10)6-7-12(13)16/h4-8H,3H2,1-2H3. The van der Waals surface area contributed by atoms with Gasteiger partial charge in [-0.15, -0.1) is 0 Å². The van der Waals surface area contributed by atoms with Crippen molar-refractivity contribution in [3.63, 3.8) is 0 Å². The Morgan fingerprint density at radius 1 is 1.25 bits per heavy atom. The van der Waals surface area contributed by atoms with Gasteiger partial charge >= 0.3 is 0 Å². The summed E-state index contributed by atoms with van der Waals surface area (Å²) in [7, 11) is 0. The van der Waals surface area contributed by atoms with Gasteiger partial charge in [0.2, 0.25) is 0 Å². The summed E-state index contributed by atoms with van der Waals surface area (Å²) in [6, 6.07) is 8.21. The number of pyridine rings is 1. The Labute approximate surface area is 93.7 Å². The average Bonchev–Trinajstić information content (AvgIpc) is 2.65. The van der Waals surface area contributed by atoms with Crippen LogP contribution in [0.5, 0.6) is 0 Å². The highest BCUT2D eigenvalue weighted by Crippen LogP contribution is 2.24. The molecule has 0 unspecified atom stereocenters. The minimum Gasteiger partial charge on any atom is -0.328 e. The van der Waals surface area contributed by atoms with Crippen molar-refractivity contribution < 1.29 is 0 Å². The summed E-state index contributed by atoms with van der Waals surface area (Å²) in [5, 5.41) is 1.13. The normalized spacial score (nSPS) is 11.4. The van der Waals surface area contributed by atoms with E-state index in [1.54, 1.807) is 0 Å². The van der Waals surface area contributed by atoms with Gasteiger partial charge in [0.1, 0.15) is 5.82 Å². The molecule has 2 heterocycles. The molecule has 0 aliphatic heterocycles. The summed E-state index contributed by atoms with van der Waals surface area (Å²) in [5.74, 6) is 1.06. The van der Waals surface area contributed by atoms with Gasteiger partial charge < -0.3 is 4.57 Å². The Balaban J connectivity index is 2.52. The zero-order valence-electron chi connectivity index (χ0n) is 9.44. The predicted octanol–water partition coefficient (Wildman–Crippen LogP) is 2.91. The maximum Gasteiger partial charge on any atom is 0.106 e. The first-order chi connectivity index (χ1) is 7.81. The third-order valence-electron chi connectivity index (χ3n) is 3.01. The second kappa shape index (κ2) is 3.30. The molecule has 1 aromatic carbocycles. The van der Waals surface area contributed by atoms with E-state index < -0.39 is 0 Å². The van der Waals surface area contributed by atoms with E-state index in [1.807, 2.05) is 19.2 Å². The number of nitrogens with zero attached hydrogens (tertiary/aromatic N) is 3. The molecule has 3 nitrogen and oxygen atoms in total. The monoisotopic (exact) mass is 211 g/mol. The molecule has 0 saturated carbocycles. The van der Waals surface area contributed by atoms with E-state index in [4.69, 9.17) is 0 Å². The summed E-state index contributed by atoms with van der Waals surface area (Å²) < 4.78 is 2.22. The van der Waals surface area contributed by atoms with Crippen molar-refractivity contribution in [2.75, 3.05) is 0 Å². The highest BCUT2D eigenvalue weighted by atomic mass is 15.1. The number of rotatable bonds is 1. The SMILES string of the molecule is CCn1c(C)nc2c3cccnc3ccc21. The largest absolute Gasteiger partial charge is 0.328 e. The van der Waals surface area contributed by atoms with Gasteiger partial charge in [0.25, 0.3) is 0 Å². The number of fused-ring (bicyclic) bond motifs is 3. The molecule has 0 bridgehead atoms. The van der Waals surface area contributed by atoms with Crippen LogP contribution in [-0.4, -0.2) is 14.5 Å². The van der Waals surface area contributed by atoms with Gasteiger partial charge in [0, 0.05) is 18.1 Å². The molecule has 0 aliphatic rings. The van der Waals surface area contributed by atoms with E-state index in [9.17, 15) is 0 Å². The molecule has 0 fully saturated rings. The Hall–Kier alpha value is -1.90. The van der Waals surface area contributed by atoms with Gasteiger partial charge in [-0.1, -0.05) is 0 Å². The van der Waals surface area contributed by atoms with E-state index in [2.05, 4.69) is 39.7 Å². The lowest BCUT2D eigenvalue weighted by Gasteiger charge is -2.02. The fraction of sp³-hybridized carbons (Fsp3) is 0.231. The molecule has 3 heteroatoms. The summed E-state index contributed by atoms with van der Waals surface area (Å²) in [5.41, 5.74) is 3.27. The summed E-state index contributed by atoms with van der Waals surface area (Å²) in [6.45, 7) is 5.14. The molecule has 0 radical (unpaired) electrons. The average molecular weight is 211 g/mol. The van der Waals surface area contributed by atoms with Gasteiger partial charge in [0.15, 0.2) is 0 Å². The van der Waals surface area contributed by atoms with Crippen LogP contribution in [0.1, 0.15) is 12.7 Å². The van der Waals surface area contributed by atoms with E-state index >= 15 is 0 Å². The minimum atomic E-state index is 0.952. The Morgan fingerprint density at radius 2 is 2.12 bits per heavy atom. The van der Waals surface area contributed by atoms with Crippen LogP contribution in [0.4, 0.5) is 0 Å². The number of hydrogen-bond donors (Lipinski definition) is 0. The highest BCUT2D eigenvalue weighted by Gasteiger charge is 2.08. The van der Waals surface area contributed by atoms with Crippen molar-refractivity contribution in [1.82, 2.24) is 14.5 Å². The lowest BCUT2D eigenvalue weighted by molar-refractivity contribution is 0.753. The summed E-state index contributed by atoms with van der Waals surface area (Å²) in [4.78, 5) is 8.98. The third-order valence-corrected chi connectivity index (χ3v) is 3.01. The van der Waals surface area contributed by atoms with E-state index in [0.717, 1.165) is 28.8 Å². The van der Waals surface area contributed by atoms with Crippen LogP contribution in [0.2, 0.25) is 0 Å². The summed E-state index contributed by atoms with van der Waals surface area (Å²) >= 11 is 0. The zero-order chi connectivity index (χ0) is 11.1. The molecule has 0 N–H and O–H groups in total. The number of aromatic nitrogens is 3. The Morgan fingerprint density at radius 3 is 2.94 bits per heavy atom. The molecule has 0 aliphatic carbocycles. The molecule has 2 aromatic heterocycles. The highest BCUT2D eigenvalue weighted by molar-refractivity contribution is 6.02. The quantitative estimate of drug-likeness (QED) is 0.619. The second-order valence-electron chi connectivity index (χ2n) is 3.91. The molecule has 3 aromatic rings. The molecule has 16 heavy (non-hydrogen) atoms. The maximum absolute atomic E-state index is 4.64. The van der Waals surface area contributed by atoms with Crippen LogP contribution < -0.4 is 0 Å². The fourth-order valence-electron chi connectivity index (χ4n) is 2.26. The van der Waals surface area contributed by atoms with Crippen molar-refractivity contribution in [3.8, 4) is 0 Å². The minimum absolute atomic E-state index is 0.952. The molecule has 0 spiro atoms. The maximum atomic E-state index is 4.64. The summed E-state index contributed by atoms with van der Waals surface area (Å²) in [6.07, 6.45) is 1.82. The van der Waals surface area contributed by atoms with Crippen LogP contribution in [0.15, 0.2) is 30.5 Å². The number of imidazole rings is 1. The van der Waals surface area contributed by atoms with Crippen LogP contribution in [0.3, 0.4) is 0 Å². The van der Waals surface area contributed by atoms with Gasteiger partial charge in [-0.25, -0.2) is 4.98 Å². The van der Waals surface area contributed by atoms with Crippen molar-refractivity contribution >= 4 is 21.9 Å². The van der Waals surface area contributed by atoms with E-state index in [-0.39, 0.29) is 0 Å². The molecule has 0 amide bonds. The van der Waals surface area contributed by atoms with E-state index in [0.29, 0.717) is 0 Å². The van der Waals surface area contributed by atoms with Crippen LogP contribution in [0, 0.1) is 6.92 Å². The molecule has 0 atom stereocenters. The molecule has 80 valence electrons. The lowest BCUT2D eigenvalue weighted by atomic mass is 10.2. The first-order valence-corrected chi connectivity index (χ1v) is 5.52. The van der Waals surface area contributed by atoms with Crippen LogP contribution >= 0.6 is 0 Å². The predicted molar refractivity (Wildman–Crippen MR) is 65.4 cm³/mol. The molecular weight excluding hydrogens is 198 g/mol. The first kappa shape index (κ1) is 9.33. The van der Waals surface area contributed by atoms with Crippen LogP contribution in [0.25, 0.3) is 21.9 Å². The number of aryl methyl sites for hydroxylation is 2. The molecule has 0 saturated heterocycles. The van der Waals surface area contributed by atoms with Crippen molar-refractivity contribution in [1.29, 1.82) is 0 Å². The van der Waals surface area contributed by atoms with Crippen LogP contribution in [-0.2, 0) is 6.54 Å². The molecule has 3 rings (SSSR count). The van der Waals surface area contributed by atoms with Crippen molar-refractivity contribution in [2.24, 2.45) is 0 Å². The van der Waals surface area contributed by atoms with Crippen molar-refractivity contribution in [2.45, 2.75) is 20.4 Å².